The molecule has 4 nitrogen and oxygen atoms in total. The van der Waals surface area contributed by atoms with Crippen LogP contribution in [0.1, 0.15) is 24.3 Å². The summed E-state index contributed by atoms with van der Waals surface area (Å²) in [5.41, 5.74) is -0.381. The second-order valence-corrected chi connectivity index (χ2v) is 5.51. The summed E-state index contributed by atoms with van der Waals surface area (Å²) in [6.45, 7) is -0.0733. The number of alkyl halides is 3. The molecule has 0 radical (unpaired) electrons. The lowest BCUT2D eigenvalue weighted by atomic mass is 9.89. The smallest absolute Gasteiger partial charge is 0.317 e. The minimum absolute atomic E-state index is 0.0363. The van der Waals surface area contributed by atoms with Gasteiger partial charge in [-0.05, 0) is 44.0 Å². The second kappa shape index (κ2) is 5.42. The molecule has 8 heteroatoms. The van der Waals surface area contributed by atoms with Gasteiger partial charge in [0.2, 0.25) is 0 Å². The predicted octanol–water partition coefficient (Wildman–Crippen LogP) is 2.50. The van der Waals surface area contributed by atoms with E-state index in [1.165, 1.54) is 12.1 Å². The number of hydrogen-bond acceptors (Lipinski definition) is 2. The van der Waals surface area contributed by atoms with E-state index in [2.05, 4.69) is 10.3 Å². The molecule has 120 valence electrons. The van der Waals surface area contributed by atoms with Crippen LogP contribution in [0.4, 0.5) is 17.6 Å². The van der Waals surface area contributed by atoms with Crippen molar-refractivity contribution in [1.82, 2.24) is 14.9 Å². The fourth-order valence-electron chi connectivity index (χ4n) is 3.09. The minimum atomic E-state index is -4.54. The van der Waals surface area contributed by atoms with E-state index in [1.807, 2.05) is 0 Å². The van der Waals surface area contributed by atoms with E-state index >= 15 is 0 Å². The van der Waals surface area contributed by atoms with E-state index < -0.39 is 24.2 Å². The number of halogens is 4. The monoisotopic (exact) mass is 317 g/mol. The van der Waals surface area contributed by atoms with Gasteiger partial charge in [-0.3, -0.25) is 4.57 Å². The van der Waals surface area contributed by atoms with Crippen LogP contribution in [0, 0.1) is 5.82 Å². The lowest BCUT2D eigenvalue weighted by molar-refractivity contribution is -0.140. The molecule has 2 N–H and O–H groups in total. The predicted molar refractivity (Wildman–Crippen MR) is 73.4 cm³/mol. The van der Waals surface area contributed by atoms with Crippen molar-refractivity contribution in [2.75, 3.05) is 13.1 Å². The lowest BCUT2D eigenvalue weighted by Gasteiger charge is -2.24. The molecule has 0 atom stereocenters. The average molecular weight is 317 g/mol. The van der Waals surface area contributed by atoms with E-state index in [0.717, 1.165) is 0 Å². The molecule has 2 heterocycles. The molecule has 0 spiro atoms. The molecule has 2 aromatic rings. The first-order valence-electron chi connectivity index (χ1n) is 7.05. The van der Waals surface area contributed by atoms with Crippen molar-refractivity contribution in [3.63, 3.8) is 0 Å². The number of benzene rings is 1. The molecule has 0 saturated carbocycles. The summed E-state index contributed by atoms with van der Waals surface area (Å²) in [5.74, 6) is -0.756. The highest BCUT2D eigenvalue weighted by molar-refractivity contribution is 5.80. The van der Waals surface area contributed by atoms with Crippen molar-refractivity contribution in [2.24, 2.45) is 0 Å². The van der Waals surface area contributed by atoms with Crippen molar-refractivity contribution in [3.8, 4) is 0 Å². The van der Waals surface area contributed by atoms with Crippen molar-refractivity contribution in [1.29, 1.82) is 0 Å². The van der Waals surface area contributed by atoms with Crippen LogP contribution < -0.4 is 11.0 Å². The first-order valence-corrected chi connectivity index (χ1v) is 7.05. The van der Waals surface area contributed by atoms with Crippen molar-refractivity contribution >= 4 is 11.0 Å². The number of nitrogens with zero attached hydrogens (tertiary/aromatic N) is 1. The van der Waals surface area contributed by atoms with E-state index in [4.69, 9.17) is 0 Å². The first kappa shape index (κ1) is 15.1. The normalized spacial score (nSPS) is 17.3. The first-order chi connectivity index (χ1) is 10.4. The van der Waals surface area contributed by atoms with Gasteiger partial charge in [0, 0.05) is 5.56 Å². The number of rotatable bonds is 2. The van der Waals surface area contributed by atoms with Gasteiger partial charge in [0.25, 0.3) is 0 Å². The molecule has 1 saturated heterocycles. The number of H-pyrrole nitrogens is 1. The molecular formula is C14H15F4N3O. The highest BCUT2D eigenvalue weighted by Gasteiger charge is 2.32. The Morgan fingerprint density at radius 3 is 2.55 bits per heavy atom. The second-order valence-electron chi connectivity index (χ2n) is 5.51. The van der Waals surface area contributed by atoms with Gasteiger partial charge in [0.1, 0.15) is 12.4 Å². The van der Waals surface area contributed by atoms with E-state index in [9.17, 15) is 22.4 Å². The Balaban J connectivity index is 2.21. The quantitative estimate of drug-likeness (QED) is 0.836. The molecule has 22 heavy (non-hydrogen) atoms. The van der Waals surface area contributed by atoms with Crippen LogP contribution in [0.15, 0.2) is 16.9 Å². The molecule has 1 aromatic carbocycles. The Hall–Kier alpha value is -1.83. The Morgan fingerprint density at radius 1 is 1.23 bits per heavy atom. The van der Waals surface area contributed by atoms with Gasteiger partial charge in [-0.15, -0.1) is 0 Å². The largest absolute Gasteiger partial charge is 0.406 e. The summed E-state index contributed by atoms with van der Waals surface area (Å²) >= 11 is 0. The molecule has 1 aliphatic heterocycles. The van der Waals surface area contributed by atoms with Gasteiger partial charge < -0.3 is 10.3 Å². The summed E-state index contributed by atoms with van der Waals surface area (Å²) in [5, 5.41) is 3.13. The molecule has 1 aromatic heterocycles. The standard InChI is InChI=1S/C14H15F4N3O/c15-9-1-2-10-12(11(9)8-3-5-19-6-4-8)21(13(22)20-10)7-14(16,17)18/h1-2,8,19H,3-7H2,(H,20,22). The highest BCUT2D eigenvalue weighted by Crippen LogP contribution is 2.33. The fraction of sp³-hybridized carbons (Fsp3) is 0.500. The number of fused-ring (bicyclic) bond motifs is 1. The van der Waals surface area contributed by atoms with Crippen LogP contribution >= 0.6 is 0 Å². The summed E-state index contributed by atoms with van der Waals surface area (Å²) in [4.78, 5) is 14.2. The highest BCUT2D eigenvalue weighted by atomic mass is 19.4. The van der Waals surface area contributed by atoms with Gasteiger partial charge in [0.05, 0.1) is 11.0 Å². The van der Waals surface area contributed by atoms with Crippen LogP contribution in [0.3, 0.4) is 0 Å². The van der Waals surface area contributed by atoms with Crippen LogP contribution in [0.2, 0.25) is 0 Å². The average Bonchev–Trinajstić information content (AvgIpc) is 2.75. The van der Waals surface area contributed by atoms with Gasteiger partial charge in [0.15, 0.2) is 0 Å². The maximum atomic E-state index is 14.3. The van der Waals surface area contributed by atoms with Gasteiger partial charge in [-0.1, -0.05) is 0 Å². The van der Waals surface area contributed by atoms with Gasteiger partial charge in [-0.25, -0.2) is 9.18 Å². The lowest BCUT2D eigenvalue weighted by Crippen LogP contribution is -2.29. The van der Waals surface area contributed by atoms with Crippen LogP contribution in [0.5, 0.6) is 0 Å². The Bertz CT molecular complexity index is 741. The third-order valence-corrected chi connectivity index (χ3v) is 4.01. The van der Waals surface area contributed by atoms with Crippen LogP contribution in [-0.4, -0.2) is 28.8 Å². The van der Waals surface area contributed by atoms with E-state index in [0.29, 0.717) is 30.5 Å². The minimum Gasteiger partial charge on any atom is -0.317 e. The van der Waals surface area contributed by atoms with Gasteiger partial charge in [-0.2, -0.15) is 13.2 Å². The number of hydrogen-bond donors (Lipinski definition) is 2. The zero-order valence-electron chi connectivity index (χ0n) is 11.6. The summed E-state index contributed by atoms with van der Waals surface area (Å²) in [7, 11) is 0. The summed E-state index contributed by atoms with van der Waals surface area (Å²) in [6.07, 6.45) is -3.29. The van der Waals surface area contributed by atoms with Gasteiger partial charge >= 0.3 is 11.9 Å². The van der Waals surface area contributed by atoms with Crippen molar-refractivity contribution in [2.45, 2.75) is 31.5 Å². The molecular weight excluding hydrogens is 302 g/mol. The Kier molecular flexibility index (Phi) is 3.72. The Morgan fingerprint density at radius 2 is 1.91 bits per heavy atom. The molecule has 0 unspecified atom stereocenters. The maximum absolute atomic E-state index is 14.3. The van der Waals surface area contributed by atoms with E-state index in [1.54, 1.807) is 0 Å². The van der Waals surface area contributed by atoms with Crippen molar-refractivity contribution < 1.29 is 17.6 Å². The molecule has 3 rings (SSSR count). The van der Waals surface area contributed by atoms with E-state index in [-0.39, 0.29) is 22.5 Å². The van der Waals surface area contributed by atoms with Crippen LogP contribution in [0.25, 0.3) is 11.0 Å². The summed E-state index contributed by atoms with van der Waals surface area (Å²) in [6, 6.07) is 2.51. The van der Waals surface area contributed by atoms with Crippen molar-refractivity contribution in [3.05, 3.63) is 34.0 Å². The molecule has 1 fully saturated rings. The Labute approximate surface area is 123 Å². The molecule has 0 aliphatic carbocycles. The fourth-order valence-corrected chi connectivity index (χ4v) is 3.09. The topological polar surface area (TPSA) is 49.8 Å². The SMILES string of the molecule is O=c1[nH]c2ccc(F)c(C3CCNCC3)c2n1CC(F)(F)F. The third-order valence-electron chi connectivity index (χ3n) is 4.01. The number of imidazole rings is 1. The number of nitrogens with one attached hydrogen (secondary N) is 2. The molecule has 1 aliphatic rings. The molecule has 0 amide bonds. The number of aromatic nitrogens is 2. The molecule has 0 bridgehead atoms. The number of piperidine rings is 1. The zero-order valence-corrected chi connectivity index (χ0v) is 11.6. The van der Waals surface area contributed by atoms with Crippen LogP contribution in [-0.2, 0) is 6.54 Å². The maximum Gasteiger partial charge on any atom is 0.406 e. The zero-order chi connectivity index (χ0) is 15.9. The summed E-state index contributed by atoms with van der Waals surface area (Å²) < 4.78 is 53.1. The number of aromatic amines is 1. The third kappa shape index (κ3) is 2.75.